The summed E-state index contributed by atoms with van der Waals surface area (Å²) < 4.78 is 66.7. The number of carbonyl (C=O) groups excluding carboxylic acids is 1. The Labute approximate surface area is 57.0 Å². The van der Waals surface area contributed by atoms with Crippen LogP contribution in [0.2, 0.25) is 0 Å². The third-order valence-electron chi connectivity index (χ3n) is 0.677. The fourth-order valence-electron chi connectivity index (χ4n) is 0.282. The number of Topliss-reactive ketones (excluding diaryl/α,β-unsaturated/α-hetero) is 1. The first-order valence-corrected chi connectivity index (χ1v) is 2.30. The fraction of sp³-hybridized carbons (Fsp3) is 0.750. The van der Waals surface area contributed by atoms with Gasteiger partial charge in [0.1, 0.15) is 6.42 Å². The maximum absolute atomic E-state index is 11.1. The Hall–Kier alpha value is -0.750. The van der Waals surface area contributed by atoms with Gasteiger partial charge in [-0.15, -0.1) is 0 Å². The molecule has 0 spiro atoms. The molecule has 0 aromatic carbocycles. The van der Waals surface area contributed by atoms with Gasteiger partial charge in [-0.05, 0) is 0 Å². The predicted octanol–water partition coefficient (Wildman–Crippen LogP) is 2.07. The minimum Gasteiger partial charge on any atom is -0.289 e. The number of halogens is 6. The van der Waals surface area contributed by atoms with E-state index in [1.807, 2.05) is 0 Å². The summed E-state index contributed by atoms with van der Waals surface area (Å²) in [5, 5.41) is 0. The van der Waals surface area contributed by atoms with Crippen molar-refractivity contribution in [2.45, 2.75) is 18.8 Å². The van der Waals surface area contributed by atoms with E-state index in [-0.39, 0.29) is 0 Å². The number of carbonyl (C=O) groups is 1. The molecule has 11 heavy (non-hydrogen) atoms. The summed E-state index contributed by atoms with van der Waals surface area (Å²) in [7, 11) is 0. The van der Waals surface area contributed by atoms with E-state index < -0.39 is 24.6 Å². The third-order valence-corrected chi connectivity index (χ3v) is 0.677. The lowest BCUT2D eigenvalue weighted by Crippen LogP contribution is -2.28. The van der Waals surface area contributed by atoms with Crippen molar-refractivity contribution in [2.24, 2.45) is 0 Å². The molecule has 0 aliphatic rings. The van der Waals surface area contributed by atoms with E-state index in [9.17, 15) is 31.1 Å². The first-order chi connectivity index (χ1) is 4.63. The molecule has 66 valence electrons. The molecule has 0 amide bonds. The van der Waals surface area contributed by atoms with Crippen molar-refractivity contribution in [3.63, 3.8) is 0 Å². The summed E-state index contributed by atoms with van der Waals surface area (Å²) in [4.78, 5) is 9.64. The minimum absolute atomic E-state index is 2.45. The summed E-state index contributed by atoms with van der Waals surface area (Å²) in [5.74, 6) is -2.77. The van der Waals surface area contributed by atoms with Crippen LogP contribution in [-0.2, 0) is 4.79 Å². The van der Waals surface area contributed by atoms with E-state index in [1.54, 1.807) is 0 Å². The van der Waals surface area contributed by atoms with Crippen molar-refractivity contribution in [1.29, 1.82) is 0 Å². The molecule has 0 atom stereocenters. The van der Waals surface area contributed by atoms with Crippen molar-refractivity contribution < 1.29 is 31.1 Å². The standard InChI is InChI=1S/C4H2F6O/c5-3(6,7)1-2(11)4(8,9)10/h1H2. The van der Waals surface area contributed by atoms with Crippen molar-refractivity contribution in [3.8, 4) is 0 Å². The zero-order chi connectivity index (χ0) is 9.28. The van der Waals surface area contributed by atoms with Gasteiger partial charge < -0.3 is 0 Å². The predicted molar refractivity (Wildman–Crippen MR) is 21.7 cm³/mol. The summed E-state index contributed by atoms with van der Waals surface area (Å²) in [6, 6.07) is 0. The van der Waals surface area contributed by atoms with E-state index in [0.717, 1.165) is 0 Å². The van der Waals surface area contributed by atoms with Crippen LogP contribution < -0.4 is 0 Å². The second-order valence-corrected chi connectivity index (χ2v) is 1.71. The molecule has 0 saturated heterocycles. The maximum Gasteiger partial charge on any atom is 0.450 e. The lowest BCUT2D eigenvalue weighted by Gasteiger charge is -2.06. The minimum atomic E-state index is -5.39. The van der Waals surface area contributed by atoms with Crippen LogP contribution in [0.3, 0.4) is 0 Å². The number of alkyl halides is 6. The van der Waals surface area contributed by atoms with Crippen LogP contribution in [0.1, 0.15) is 6.42 Å². The largest absolute Gasteiger partial charge is 0.450 e. The lowest BCUT2D eigenvalue weighted by atomic mass is 10.3. The Morgan fingerprint density at radius 1 is 1.00 bits per heavy atom. The Balaban J connectivity index is 4.11. The van der Waals surface area contributed by atoms with E-state index in [4.69, 9.17) is 0 Å². The van der Waals surface area contributed by atoms with Crippen molar-refractivity contribution in [1.82, 2.24) is 0 Å². The van der Waals surface area contributed by atoms with Crippen LogP contribution in [0, 0.1) is 0 Å². The normalized spacial score (nSPS) is 13.3. The Kier molecular flexibility index (Phi) is 2.52. The Morgan fingerprint density at radius 2 is 1.36 bits per heavy atom. The smallest absolute Gasteiger partial charge is 0.289 e. The highest BCUT2D eigenvalue weighted by Gasteiger charge is 2.45. The topological polar surface area (TPSA) is 17.1 Å². The Bertz CT molecular complexity index is 153. The summed E-state index contributed by atoms with van der Waals surface area (Å²) in [6.45, 7) is 0. The summed E-state index contributed by atoms with van der Waals surface area (Å²) in [6.07, 6.45) is -12.9. The van der Waals surface area contributed by atoms with Gasteiger partial charge in [0.05, 0.1) is 0 Å². The first-order valence-electron chi connectivity index (χ1n) is 2.30. The molecule has 0 aliphatic heterocycles. The van der Waals surface area contributed by atoms with Crippen LogP contribution in [0.4, 0.5) is 26.3 Å². The molecule has 0 saturated carbocycles. The molecule has 0 aromatic rings. The van der Waals surface area contributed by atoms with E-state index in [2.05, 4.69) is 0 Å². The van der Waals surface area contributed by atoms with E-state index in [0.29, 0.717) is 0 Å². The van der Waals surface area contributed by atoms with E-state index >= 15 is 0 Å². The molecule has 1 nitrogen and oxygen atoms in total. The fourth-order valence-corrected chi connectivity index (χ4v) is 0.282. The monoisotopic (exact) mass is 180 g/mol. The van der Waals surface area contributed by atoms with Gasteiger partial charge >= 0.3 is 12.4 Å². The molecular weight excluding hydrogens is 178 g/mol. The van der Waals surface area contributed by atoms with Gasteiger partial charge in [-0.3, -0.25) is 4.79 Å². The quantitative estimate of drug-likeness (QED) is 0.564. The van der Waals surface area contributed by atoms with Gasteiger partial charge in [-0.1, -0.05) is 0 Å². The SMILES string of the molecule is O=C(CC(F)(F)F)C(F)(F)F. The second-order valence-electron chi connectivity index (χ2n) is 1.71. The summed E-state index contributed by atoms with van der Waals surface area (Å²) in [5.41, 5.74) is 0. The highest BCUT2D eigenvalue weighted by Crippen LogP contribution is 2.26. The van der Waals surface area contributed by atoms with Crippen LogP contribution >= 0.6 is 0 Å². The molecule has 0 radical (unpaired) electrons. The molecular formula is C4H2F6O. The molecule has 0 N–H and O–H groups in total. The molecule has 0 bridgehead atoms. The zero-order valence-corrected chi connectivity index (χ0v) is 4.88. The van der Waals surface area contributed by atoms with Gasteiger partial charge in [0.25, 0.3) is 0 Å². The van der Waals surface area contributed by atoms with Crippen LogP contribution in [0.25, 0.3) is 0 Å². The zero-order valence-electron chi connectivity index (χ0n) is 4.88. The van der Waals surface area contributed by atoms with E-state index in [1.165, 1.54) is 0 Å². The number of hydrogen-bond donors (Lipinski definition) is 0. The molecule has 0 aromatic heterocycles. The van der Waals surface area contributed by atoms with Crippen LogP contribution in [0.15, 0.2) is 0 Å². The molecule has 0 heterocycles. The lowest BCUT2D eigenvalue weighted by molar-refractivity contribution is -0.190. The molecule has 0 unspecified atom stereocenters. The number of hydrogen-bond acceptors (Lipinski definition) is 1. The molecule has 0 fully saturated rings. The third kappa shape index (κ3) is 4.63. The Morgan fingerprint density at radius 3 is 1.45 bits per heavy atom. The van der Waals surface area contributed by atoms with Crippen molar-refractivity contribution >= 4 is 5.78 Å². The second kappa shape index (κ2) is 2.71. The average Bonchev–Trinajstić information content (AvgIpc) is 1.56. The van der Waals surface area contributed by atoms with Gasteiger partial charge in [0.2, 0.25) is 5.78 Å². The number of rotatable bonds is 1. The number of ketones is 1. The van der Waals surface area contributed by atoms with Gasteiger partial charge in [-0.25, -0.2) is 0 Å². The van der Waals surface area contributed by atoms with Gasteiger partial charge in [-0.2, -0.15) is 26.3 Å². The van der Waals surface area contributed by atoms with Crippen molar-refractivity contribution in [3.05, 3.63) is 0 Å². The molecule has 7 heteroatoms. The summed E-state index contributed by atoms with van der Waals surface area (Å²) >= 11 is 0. The van der Waals surface area contributed by atoms with Crippen LogP contribution in [0.5, 0.6) is 0 Å². The first kappa shape index (κ1) is 10.2. The highest BCUT2D eigenvalue weighted by atomic mass is 19.4. The van der Waals surface area contributed by atoms with Crippen LogP contribution in [-0.4, -0.2) is 18.1 Å². The molecule has 0 rings (SSSR count). The van der Waals surface area contributed by atoms with Gasteiger partial charge in [0.15, 0.2) is 0 Å². The highest BCUT2D eigenvalue weighted by molar-refractivity contribution is 5.84. The molecule has 0 aliphatic carbocycles. The maximum atomic E-state index is 11.1. The van der Waals surface area contributed by atoms with Gasteiger partial charge in [0, 0.05) is 0 Å². The average molecular weight is 180 g/mol. The van der Waals surface area contributed by atoms with Crippen molar-refractivity contribution in [2.75, 3.05) is 0 Å².